The summed E-state index contributed by atoms with van der Waals surface area (Å²) >= 11 is 0. The molecule has 0 aliphatic heterocycles. The van der Waals surface area contributed by atoms with Crippen LogP contribution in [0.1, 0.15) is 38.8 Å². The van der Waals surface area contributed by atoms with Gasteiger partial charge in [-0.2, -0.15) is 0 Å². The lowest BCUT2D eigenvalue weighted by atomic mass is 9.78. The van der Waals surface area contributed by atoms with E-state index in [0.29, 0.717) is 5.75 Å². The van der Waals surface area contributed by atoms with Gasteiger partial charge in [0, 0.05) is 5.41 Å². The van der Waals surface area contributed by atoms with Crippen LogP contribution in [-0.4, -0.2) is 29.6 Å². The molecule has 0 saturated heterocycles. The zero-order valence-corrected chi connectivity index (χ0v) is 16.2. The first kappa shape index (κ1) is 20.5. The third-order valence-corrected chi connectivity index (χ3v) is 4.69. The van der Waals surface area contributed by atoms with Crippen molar-refractivity contribution in [1.29, 1.82) is 0 Å². The Balaban J connectivity index is 1.98. The first-order valence-corrected chi connectivity index (χ1v) is 9.03. The lowest BCUT2D eigenvalue weighted by Crippen LogP contribution is -2.46. The average molecular weight is 369 g/mol. The third kappa shape index (κ3) is 5.33. The van der Waals surface area contributed by atoms with Gasteiger partial charge in [0.2, 0.25) is 0 Å². The number of ether oxygens (including phenoxy) is 1. The summed E-state index contributed by atoms with van der Waals surface area (Å²) in [7, 11) is 0. The van der Waals surface area contributed by atoms with Crippen LogP contribution in [0.3, 0.4) is 0 Å². The molecule has 0 aromatic heterocycles. The zero-order chi connectivity index (χ0) is 20.0. The predicted octanol–water partition coefficient (Wildman–Crippen LogP) is 3.62. The molecule has 27 heavy (non-hydrogen) atoms. The van der Waals surface area contributed by atoms with Gasteiger partial charge in [-0.1, -0.05) is 70.2 Å². The smallest absolute Gasteiger partial charge is 0.326 e. The van der Waals surface area contributed by atoms with Crippen molar-refractivity contribution >= 4 is 11.9 Å². The first-order valence-electron chi connectivity index (χ1n) is 9.03. The molecule has 1 atom stereocenters. The molecule has 2 aromatic rings. The topological polar surface area (TPSA) is 75.6 Å². The van der Waals surface area contributed by atoms with Crippen molar-refractivity contribution in [2.75, 3.05) is 6.61 Å². The van der Waals surface area contributed by atoms with Crippen molar-refractivity contribution in [3.8, 4) is 5.75 Å². The van der Waals surface area contributed by atoms with Crippen LogP contribution in [-0.2, 0) is 15.0 Å². The number of aliphatic carboxylic acids is 1. The molecule has 0 radical (unpaired) electrons. The lowest BCUT2D eigenvalue weighted by molar-refractivity contribution is -0.143. The molecule has 0 heterocycles. The number of carbonyl (C=O) groups is 2. The molecule has 0 spiro atoms. The lowest BCUT2D eigenvalue weighted by Gasteiger charge is -2.26. The number of benzene rings is 2. The summed E-state index contributed by atoms with van der Waals surface area (Å²) in [6, 6.07) is 16.9. The summed E-state index contributed by atoms with van der Waals surface area (Å²) < 4.78 is 5.50. The molecule has 2 N–H and O–H groups in total. The molecule has 0 bridgehead atoms. The van der Waals surface area contributed by atoms with Crippen molar-refractivity contribution in [3.05, 3.63) is 65.7 Å². The SMILES string of the molecule is CC(C)[C@@H](NC(=O)COc1ccc(C(C)(C)c2ccccc2)cc1)C(=O)O. The Bertz CT molecular complexity index is 767. The van der Waals surface area contributed by atoms with E-state index in [1.54, 1.807) is 13.8 Å². The van der Waals surface area contributed by atoms with E-state index in [9.17, 15) is 9.59 Å². The second-order valence-corrected chi connectivity index (χ2v) is 7.43. The minimum atomic E-state index is -1.05. The Kier molecular flexibility index (Phi) is 6.61. The minimum absolute atomic E-state index is 0.150. The largest absolute Gasteiger partial charge is 0.484 e. The molecule has 0 unspecified atom stereocenters. The van der Waals surface area contributed by atoms with Crippen LogP contribution in [0.4, 0.5) is 0 Å². The van der Waals surface area contributed by atoms with Crippen molar-refractivity contribution in [2.45, 2.75) is 39.2 Å². The van der Waals surface area contributed by atoms with Gasteiger partial charge in [-0.3, -0.25) is 4.79 Å². The van der Waals surface area contributed by atoms with E-state index in [4.69, 9.17) is 9.84 Å². The number of carboxylic acid groups (broad SMARTS) is 1. The zero-order valence-electron chi connectivity index (χ0n) is 16.2. The molecule has 2 rings (SSSR count). The molecular formula is C22H27NO4. The maximum Gasteiger partial charge on any atom is 0.326 e. The number of carbonyl (C=O) groups excluding carboxylic acids is 1. The van der Waals surface area contributed by atoms with Gasteiger partial charge in [-0.15, -0.1) is 0 Å². The average Bonchev–Trinajstić information content (AvgIpc) is 2.65. The Labute approximate surface area is 160 Å². The third-order valence-electron chi connectivity index (χ3n) is 4.69. The fraction of sp³-hybridized carbons (Fsp3) is 0.364. The number of hydrogen-bond acceptors (Lipinski definition) is 3. The van der Waals surface area contributed by atoms with Crippen LogP contribution in [0.5, 0.6) is 5.75 Å². The van der Waals surface area contributed by atoms with E-state index in [2.05, 4.69) is 31.3 Å². The summed E-state index contributed by atoms with van der Waals surface area (Å²) in [5, 5.41) is 11.6. The van der Waals surface area contributed by atoms with Gasteiger partial charge < -0.3 is 15.2 Å². The van der Waals surface area contributed by atoms with Crippen LogP contribution in [0.25, 0.3) is 0 Å². The van der Waals surface area contributed by atoms with Gasteiger partial charge in [0.05, 0.1) is 0 Å². The van der Waals surface area contributed by atoms with E-state index in [1.807, 2.05) is 42.5 Å². The molecule has 0 aliphatic carbocycles. The minimum Gasteiger partial charge on any atom is -0.484 e. The molecule has 1 amide bonds. The highest BCUT2D eigenvalue weighted by atomic mass is 16.5. The van der Waals surface area contributed by atoms with Crippen molar-refractivity contribution in [2.24, 2.45) is 5.92 Å². The summed E-state index contributed by atoms with van der Waals surface area (Å²) in [5.74, 6) is -1.14. The normalized spacial score (nSPS) is 12.5. The monoisotopic (exact) mass is 369 g/mol. The highest BCUT2D eigenvalue weighted by molar-refractivity contribution is 5.84. The van der Waals surface area contributed by atoms with E-state index in [-0.39, 0.29) is 17.9 Å². The Morgan fingerprint density at radius 3 is 2.07 bits per heavy atom. The summed E-state index contributed by atoms with van der Waals surface area (Å²) in [4.78, 5) is 23.1. The molecule has 2 aromatic carbocycles. The number of nitrogens with one attached hydrogen (secondary N) is 1. The molecule has 5 nitrogen and oxygen atoms in total. The van der Waals surface area contributed by atoms with Crippen molar-refractivity contribution in [1.82, 2.24) is 5.32 Å². The van der Waals surface area contributed by atoms with Crippen LogP contribution in [0, 0.1) is 5.92 Å². The Hall–Kier alpha value is -2.82. The quantitative estimate of drug-likeness (QED) is 0.745. The molecule has 0 aliphatic rings. The first-order chi connectivity index (χ1) is 12.7. The highest BCUT2D eigenvalue weighted by Crippen LogP contribution is 2.32. The van der Waals surface area contributed by atoms with E-state index < -0.39 is 17.9 Å². The summed E-state index contributed by atoms with van der Waals surface area (Å²) in [5.41, 5.74) is 2.20. The molecule has 5 heteroatoms. The van der Waals surface area contributed by atoms with Crippen LogP contribution < -0.4 is 10.1 Å². The molecule has 0 fully saturated rings. The van der Waals surface area contributed by atoms with Crippen molar-refractivity contribution in [3.63, 3.8) is 0 Å². The molecule has 144 valence electrons. The molecular weight excluding hydrogens is 342 g/mol. The highest BCUT2D eigenvalue weighted by Gasteiger charge is 2.24. The van der Waals surface area contributed by atoms with Crippen LogP contribution in [0.15, 0.2) is 54.6 Å². The summed E-state index contributed by atoms with van der Waals surface area (Å²) in [6.45, 7) is 7.57. The summed E-state index contributed by atoms with van der Waals surface area (Å²) in [6.07, 6.45) is 0. The van der Waals surface area contributed by atoms with Crippen LogP contribution >= 0.6 is 0 Å². The Morgan fingerprint density at radius 1 is 1.00 bits per heavy atom. The number of carboxylic acids is 1. The second kappa shape index (κ2) is 8.71. The van der Waals surface area contributed by atoms with Gasteiger partial charge in [0.15, 0.2) is 6.61 Å². The number of hydrogen-bond donors (Lipinski definition) is 2. The van der Waals surface area contributed by atoms with Gasteiger partial charge in [-0.25, -0.2) is 4.79 Å². The van der Waals surface area contributed by atoms with E-state index >= 15 is 0 Å². The van der Waals surface area contributed by atoms with E-state index in [0.717, 1.165) is 5.56 Å². The van der Waals surface area contributed by atoms with Crippen LogP contribution in [0.2, 0.25) is 0 Å². The maximum absolute atomic E-state index is 11.9. The standard InChI is InChI=1S/C22H27NO4/c1-15(2)20(21(25)26)23-19(24)14-27-18-12-10-17(11-13-18)22(3,4)16-8-6-5-7-9-16/h5-13,15,20H,14H2,1-4H3,(H,23,24)(H,25,26)/t20-/m1/s1. The second-order valence-electron chi connectivity index (χ2n) is 7.43. The fourth-order valence-corrected chi connectivity index (χ4v) is 2.87. The van der Waals surface area contributed by atoms with Crippen molar-refractivity contribution < 1.29 is 19.4 Å². The maximum atomic E-state index is 11.9. The Morgan fingerprint density at radius 2 is 1.56 bits per heavy atom. The molecule has 0 saturated carbocycles. The van der Waals surface area contributed by atoms with Gasteiger partial charge >= 0.3 is 5.97 Å². The number of rotatable bonds is 8. The van der Waals surface area contributed by atoms with Gasteiger partial charge in [-0.05, 0) is 29.2 Å². The number of amides is 1. The predicted molar refractivity (Wildman–Crippen MR) is 105 cm³/mol. The van der Waals surface area contributed by atoms with Gasteiger partial charge in [0.1, 0.15) is 11.8 Å². The fourth-order valence-electron chi connectivity index (χ4n) is 2.87. The van der Waals surface area contributed by atoms with E-state index in [1.165, 1.54) is 5.56 Å². The van der Waals surface area contributed by atoms with Gasteiger partial charge in [0.25, 0.3) is 5.91 Å².